The van der Waals surface area contributed by atoms with Gasteiger partial charge in [0.25, 0.3) is 0 Å². The van der Waals surface area contributed by atoms with Crippen molar-refractivity contribution < 1.29 is 29.3 Å². The molecule has 1 aliphatic rings. The van der Waals surface area contributed by atoms with Crippen LogP contribution in [0, 0.1) is 0 Å². The summed E-state index contributed by atoms with van der Waals surface area (Å²) < 4.78 is 5.14. The number of cyclic esters (lactones) is 1. The van der Waals surface area contributed by atoms with Crippen LogP contribution in [0.2, 0.25) is 0 Å². The molecule has 0 bridgehead atoms. The largest absolute Gasteiger partial charge is 0.481 e. The molecule has 27 heavy (non-hydrogen) atoms. The van der Waals surface area contributed by atoms with Crippen molar-refractivity contribution in [3.8, 4) is 0 Å². The van der Waals surface area contributed by atoms with Gasteiger partial charge < -0.3 is 14.9 Å². The average Bonchev–Trinajstić information content (AvgIpc) is 2.89. The first kappa shape index (κ1) is 23.2. The zero-order valence-electron chi connectivity index (χ0n) is 16.5. The van der Waals surface area contributed by atoms with Crippen molar-refractivity contribution in [3.63, 3.8) is 0 Å². The molecule has 1 rings (SSSR count). The van der Waals surface area contributed by atoms with Gasteiger partial charge in [0, 0.05) is 12.0 Å². The van der Waals surface area contributed by atoms with Crippen molar-refractivity contribution in [2.24, 2.45) is 0 Å². The molecular formula is C21H34O6. The van der Waals surface area contributed by atoms with Crippen molar-refractivity contribution in [1.82, 2.24) is 0 Å². The van der Waals surface area contributed by atoms with Crippen LogP contribution in [0.3, 0.4) is 0 Å². The number of ether oxygens (including phenoxy) is 1. The predicted molar refractivity (Wildman–Crippen MR) is 102 cm³/mol. The van der Waals surface area contributed by atoms with E-state index in [-0.39, 0.29) is 17.6 Å². The van der Waals surface area contributed by atoms with E-state index in [1.54, 1.807) is 0 Å². The van der Waals surface area contributed by atoms with Crippen LogP contribution in [0.25, 0.3) is 0 Å². The number of esters is 1. The van der Waals surface area contributed by atoms with Crippen LogP contribution in [-0.4, -0.2) is 34.2 Å². The van der Waals surface area contributed by atoms with Gasteiger partial charge in [0.05, 0.1) is 5.57 Å². The maximum Gasteiger partial charge on any atom is 0.335 e. The number of hydrogen-bond acceptors (Lipinski definition) is 4. The lowest BCUT2D eigenvalue weighted by Gasteiger charge is -2.11. The Labute approximate surface area is 162 Å². The van der Waals surface area contributed by atoms with Crippen LogP contribution < -0.4 is 0 Å². The van der Waals surface area contributed by atoms with E-state index in [0.717, 1.165) is 38.5 Å². The van der Waals surface area contributed by atoms with E-state index in [2.05, 4.69) is 0 Å². The van der Waals surface area contributed by atoms with Crippen molar-refractivity contribution in [1.29, 1.82) is 0 Å². The summed E-state index contributed by atoms with van der Waals surface area (Å²) in [5.74, 6) is -2.25. The Hall–Kier alpha value is -1.85. The summed E-state index contributed by atoms with van der Waals surface area (Å²) >= 11 is 0. The molecule has 0 aliphatic carbocycles. The molecule has 0 saturated carbocycles. The summed E-state index contributed by atoms with van der Waals surface area (Å²) in [6.45, 7) is 1.52. The summed E-state index contributed by atoms with van der Waals surface area (Å²) in [5, 5.41) is 17.7. The van der Waals surface area contributed by atoms with Gasteiger partial charge in [-0.15, -0.1) is 0 Å². The number of hydrogen-bond donors (Lipinski definition) is 2. The minimum absolute atomic E-state index is 0.128. The molecule has 0 aromatic rings. The first-order valence-corrected chi connectivity index (χ1v) is 10.3. The Morgan fingerprint density at radius 1 is 0.815 bits per heavy atom. The van der Waals surface area contributed by atoms with E-state index in [1.165, 1.54) is 45.4 Å². The number of rotatable bonds is 16. The quantitative estimate of drug-likeness (QED) is 0.292. The summed E-state index contributed by atoms with van der Waals surface area (Å²) in [7, 11) is 0. The first-order valence-electron chi connectivity index (χ1n) is 10.3. The fourth-order valence-electron chi connectivity index (χ4n) is 3.50. The molecule has 0 aromatic heterocycles. The van der Waals surface area contributed by atoms with E-state index >= 15 is 0 Å². The third-order valence-electron chi connectivity index (χ3n) is 5.12. The van der Waals surface area contributed by atoms with E-state index in [4.69, 9.17) is 9.84 Å². The summed E-state index contributed by atoms with van der Waals surface area (Å²) in [5.41, 5.74) is 0.359. The molecule has 0 spiro atoms. The molecule has 0 aromatic carbocycles. The molecule has 1 heterocycles. The number of carboxylic acids is 2. The van der Waals surface area contributed by atoms with E-state index < -0.39 is 24.0 Å². The molecule has 0 radical (unpaired) electrons. The van der Waals surface area contributed by atoms with Crippen molar-refractivity contribution in [2.45, 2.75) is 103 Å². The highest BCUT2D eigenvalue weighted by molar-refractivity contribution is 6.03. The monoisotopic (exact) mass is 382 g/mol. The molecule has 6 nitrogen and oxygen atoms in total. The summed E-state index contributed by atoms with van der Waals surface area (Å²) in [6, 6.07) is 0. The van der Waals surface area contributed by atoms with Gasteiger partial charge in [0.15, 0.2) is 0 Å². The molecule has 0 amide bonds. The molecule has 0 fully saturated rings. The summed E-state index contributed by atoms with van der Waals surface area (Å²) in [4.78, 5) is 33.1. The Morgan fingerprint density at radius 3 is 1.70 bits per heavy atom. The average molecular weight is 382 g/mol. The Kier molecular flexibility index (Phi) is 11.5. The minimum Gasteiger partial charge on any atom is -0.481 e. The third kappa shape index (κ3) is 9.59. The van der Waals surface area contributed by atoms with Gasteiger partial charge in [-0.3, -0.25) is 4.79 Å². The van der Waals surface area contributed by atoms with Crippen LogP contribution in [-0.2, 0) is 19.1 Å². The second kappa shape index (κ2) is 13.3. The maximum absolute atomic E-state index is 11.5. The molecule has 0 saturated heterocycles. The van der Waals surface area contributed by atoms with Gasteiger partial charge in [-0.1, -0.05) is 64.2 Å². The SMILES string of the molecule is CC1=C(C(=O)O)C(CCCCCCCCCCCCCCC(=O)O)OC1=O. The lowest BCUT2D eigenvalue weighted by atomic mass is 10.00. The molecule has 1 aliphatic heterocycles. The standard InChI is InChI=1S/C21H34O6/c1-16-19(20(24)25)17(27-21(16)26)14-12-10-8-6-4-2-3-5-7-9-11-13-15-18(22)23/h17H,2-15H2,1H3,(H,22,23)(H,24,25). The molecule has 154 valence electrons. The first-order chi connectivity index (χ1) is 12.9. The lowest BCUT2D eigenvalue weighted by molar-refractivity contribution is -0.141. The van der Waals surface area contributed by atoms with Crippen LogP contribution in [0.5, 0.6) is 0 Å². The second-order valence-electron chi connectivity index (χ2n) is 7.41. The third-order valence-corrected chi connectivity index (χ3v) is 5.12. The Bertz CT molecular complexity index is 523. The smallest absolute Gasteiger partial charge is 0.335 e. The molecule has 2 N–H and O–H groups in total. The molecule has 1 unspecified atom stereocenters. The van der Waals surface area contributed by atoms with Crippen LogP contribution in [0.1, 0.15) is 96.8 Å². The number of aliphatic carboxylic acids is 2. The topological polar surface area (TPSA) is 101 Å². The number of unbranched alkanes of at least 4 members (excludes halogenated alkanes) is 11. The van der Waals surface area contributed by atoms with E-state index in [0.29, 0.717) is 6.42 Å². The van der Waals surface area contributed by atoms with Gasteiger partial charge in [-0.2, -0.15) is 0 Å². The van der Waals surface area contributed by atoms with Gasteiger partial charge in [-0.05, 0) is 26.2 Å². The second-order valence-corrected chi connectivity index (χ2v) is 7.41. The number of carbonyl (C=O) groups is 3. The highest BCUT2D eigenvalue weighted by Gasteiger charge is 2.35. The fraction of sp³-hybridized carbons (Fsp3) is 0.762. The summed E-state index contributed by atoms with van der Waals surface area (Å²) in [6.07, 6.45) is 13.6. The van der Waals surface area contributed by atoms with Gasteiger partial charge in [0.1, 0.15) is 6.10 Å². The maximum atomic E-state index is 11.5. The van der Waals surface area contributed by atoms with Gasteiger partial charge in [0.2, 0.25) is 0 Å². The minimum atomic E-state index is -1.05. The normalized spacial score (nSPS) is 16.6. The predicted octanol–water partition coefficient (Wildman–Crippen LogP) is 4.86. The van der Waals surface area contributed by atoms with Gasteiger partial charge >= 0.3 is 17.9 Å². The lowest BCUT2D eigenvalue weighted by Crippen LogP contribution is -2.17. The zero-order chi connectivity index (χ0) is 20.1. The zero-order valence-corrected chi connectivity index (χ0v) is 16.5. The fourth-order valence-corrected chi connectivity index (χ4v) is 3.50. The molecule has 1 atom stereocenters. The van der Waals surface area contributed by atoms with Crippen molar-refractivity contribution in [3.05, 3.63) is 11.1 Å². The molecular weight excluding hydrogens is 348 g/mol. The van der Waals surface area contributed by atoms with Crippen LogP contribution >= 0.6 is 0 Å². The van der Waals surface area contributed by atoms with Gasteiger partial charge in [-0.25, -0.2) is 9.59 Å². The number of carboxylic acid groups (broad SMARTS) is 2. The van der Waals surface area contributed by atoms with Crippen molar-refractivity contribution >= 4 is 17.9 Å². The van der Waals surface area contributed by atoms with E-state index in [1.807, 2.05) is 0 Å². The highest BCUT2D eigenvalue weighted by atomic mass is 16.5. The number of carbonyl (C=O) groups excluding carboxylic acids is 1. The van der Waals surface area contributed by atoms with E-state index in [9.17, 15) is 19.5 Å². The molecule has 6 heteroatoms. The van der Waals surface area contributed by atoms with Crippen molar-refractivity contribution in [2.75, 3.05) is 0 Å². The van der Waals surface area contributed by atoms with Crippen LogP contribution in [0.4, 0.5) is 0 Å². The Morgan fingerprint density at radius 2 is 1.26 bits per heavy atom. The van der Waals surface area contributed by atoms with Crippen LogP contribution in [0.15, 0.2) is 11.1 Å². The Balaban J connectivity index is 1.92. The highest BCUT2D eigenvalue weighted by Crippen LogP contribution is 2.26.